The van der Waals surface area contributed by atoms with Crippen LogP contribution in [0, 0.1) is 29.6 Å². The Hall–Kier alpha value is -1.05. The van der Waals surface area contributed by atoms with E-state index in [0.29, 0.717) is 0 Å². The van der Waals surface area contributed by atoms with E-state index in [2.05, 4.69) is 0 Å². The molecule has 0 spiro atoms. The van der Waals surface area contributed by atoms with Gasteiger partial charge in [-0.05, 0) is 6.42 Å². The van der Waals surface area contributed by atoms with Gasteiger partial charge in [0.1, 0.15) is 0 Å². The van der Waals surface area contributed by atoms with Crippen LogP contribution in [0.15, 0.2) is 0 Å². The van der Waals surface area contributed by atoms with Gasteiger partial charge in [-0.1, -0.05) is 0 Å². The molecule has 4 unspecified atom stereocenters. The Labute approximate surface area is 134 Å². The zero-order valence-electron chi connectivity index (χ0n) is 11.8. The van der Waals surface area contributed by atoms with Crippen LogP contribution >= 0.6 is 0 Å². The van der Waals surface area contributed by atoms with Crippen LogP contribution in [0.4, 0.5) is 65.9 Å². The van der Waals surface area contributed by atoms with E-state index in [0.717, 1.165) is 0 Å². The average molecular weight is 424 g/mol. The molecule has 1 saturated carbocycles. The molecule has 0 bridgehead atoms. The van der Waals surface area contributed by atoms with E-state index in [1.165, 1.54) is 0 Å². The fourth-order valence-electron chi connectivity index (χ4n) is 3.24. The molecular weight excluding hydrogens is 417 g/mol. The van der Waals surface area contributed by atoms with Gasteiger partial charge in [0.15, 0.2) is 0 Å². The fourth-order valence-corrected chi connectivity index (χ4v) is 3.24. The van der Waals surface area contributed by atoms with Crippen LogP contribution < -0.4 is 0 Å². The summed E-state index contributed by atoms with van der Waals surface area (Å²) in [5.74, 6) is -23.0. The van der Waals surface area contributed by atoms with Crippen molar-refractivity contribution in [2.24, 2.45) is 29.6 Å². The minimum atomic E-state index is -6.62. The molecule has 0 nitrogen and oxygen atoms in total. The van der Waals surface area contributed by atoms with Crippen molar-refractivity contribution in [1.29, 1.82) is 0 Å². The van der Waals surface area contributed by atoms with Crippen molar-refractivity contribution < 1.29 is 65.9 Å². The summed E-state index contributed by atoms with van der Waals surface area (Å²) >= 11 is 0. The van der Waals surface area contributed by atoms with Gasteiger partial charge >= 0.3 is 30.9 Å². The first-order chi connectivity index (χ1) is 11.1. The maximum absolute atomic E-state index is 12.9. The summed E-state index contributed by atoms with van der Waals surface area (Å²) in [7, 11) is 0. The predicted molar refractivity (Wildman–Crippen MR) is 52.3 cm³/mol. The van der Waals surface area contributed by atoms with Crippen molar-refractivity contribution in [3.05, 3.63) is 0 Å². The second-order valence-corrected chi connectivity index (χ2v) is 5.73. The number of halogens is 15. The van der Waals surface area contributed by atoms with E-state index in [9.17, 15) is 65.9 Å². The zero-order chi connectivity index (χ0) is 21.1. The molecule has 1 rings (SSSR count). The quantitative estimate of drug-likeness (QED) is 0.402. The standard InChI is InChI=1S/C11H7F15/c12-7(13,14)2-1-3(8(15,16)17)5(10(21,22)23)6(11(24,25)26)4(2)9(18,19)20/h2-6H,1H2. The highest BCUT2D eigenvalue weighted by molar-refractivity contribution is 5.03. The average Bonchev–Trinajstić information content (AvgIpc) is 2.30. The lowest BCUT2D eigenvalue weighted by molar-refractivity contribution is -0.376. The van der Waals surface area contributed by atoms with Crippen molar-refractivity contribution in [3.63, 3.8) is 0 Å². The first kappa shape index (κ1) is 23.0. The van der Waals surface area contributed by atoms with Crippen LogP contribution in [-0.2, 0) is 0 Å². The fraction of sp³-hybridized carbons (Fsp3) is 1.00. The van der Waals surface area contributed by atoms with Crippen molar-refractivity contribution in [1.82, 2.24) is 0 Å². The van der Waals surface area contributed by atoms with Gasteiger partial charge in [-0.3, -0.25) is 0 Å². The molecule has 0 heterocycles. The van der Waals surface area contributed by atoms with Gasteiger partial charge < -0.3 is 0 Å². The highest BCUT2D eigenvalue weighted by atomic mass is 19.4. The molecule has 1 fully saturated rings. The molecule has 1 aliphatic carbocycles. The lowest BCUT2D eigenvalue weighted by atomic mass is 9.60. The molecule has 15 heteroatoms. The van der Waals surface area contributed by atoms with Crippen molar-refractivity contribution in [3.8, 4) is 0 Å². The smallest absolute Gasteiger partial charge is 0.171 e. The molecular formula is C11H7F15. The molecule has 0 aromatic heterocycles. The minimum Gasteiger partial charge on any atom is -0.171 e. The number of rotatable bonds is 0. The van der Waals surface area contributed by atoms with Crippen molar-refractivity contribution >= 4 is 0 Å². The maximum atomic E-state index is 12.9. The topological polar surface area (TPSA) is 0 Å². The Balaban J connectivity index is 3.77. The molecule has 1 aliphatic rings. The summed E-state index contributed by atoms with van der Waals surface area (Å²) < 4.78 is 192. The highest BCUT2D eigenvalue weighted by Crippen LogP contribution is 2.63. The largest absolute Gasteiger partial charge is 0.393 e. The predicted octanol–water partition coefficient (Wildman–Crippen LogP) is 6.28. The maximum Gasteiger partial charge on any atom is 0.393 e. The Bertz CT molecular complexity index is 448. The van der Waals surface area contributed by atoms with Crippen LogP contribution in [0.3, 0.4) is 0 Å². The van der Waals surface area contributed by atoms with Gasteiger partial charge in [-0.2, -0.15) is 65.9 Å². The Morgan fingerprint density at radius 2 is 0.577 bits per heavy atom. The van der Waals surface area contributed by atoms with Crippen molar-refractivity contribution in [2.45, 2.75) is 37.3 Å². The van der Waals surface area contributed by atoms with Gasteiger partial charge in [0, 0.05) is 0 Å². The zero-order valence-corrected chi connectivity index (χ0v) is 11.8. The van der Waals surface area contributed by atoms with Crippen molar-refractivity contribution in [2.75, 3.05) is 0 Å². The van der Waals surface area contributed by atoms with E-state index in [4.69, 9.17) is 0 Å². The summed E-state index contributed by atoms with van der Waals surface area (Å²) in [6.45, 7) is 0. The van der Waals surface area contributed by atoms with Crippen LogP contribution in [0.25, 0.3) is 0 Å². The molecule has 156 valence electrons. The summed E-state index contributed by atoms with van der Waals surface area (Å²) in [5.41, 5.74) is 0. The van der Waals surface area contributed by atoms with E-state index in [1.807, 2.05) is 0 Å². The lowest BCUT2D eigenvalue weighted by Gasteiger charge is -2.49. The molecule has 26 heavy (non-hydrogen) atoms. The van der Waals surface area contributed by atoms with Gasteiger partial charge in [0.25, 0.3) is 0 Å². The molecule has 0 aromatic carbocycles. The second kappa shape index (κ2) is 6.24. The molecule has 0 saturated heterocycles. The number of alkyl halides is 15. The first-order valence-corrected chi connectivity index (χ1v) is 6.43. The summed E-state index contributed by atoms with van der Waals surface area (Å²) in [6, 6.07) is 0. The van der Waals surface area contributed by atoms with E-state index >= 15 is 0 Å². The highest BCUT2D eigenvalue weighted by Gasteiger charge is 2.75. The van der Waals surface area contributed by atoms with Gasteiger partial charge in [0.2, 0.25) is 0 Å². The van der Waals surface area contributed by atoms with Crippen LogP contribution in [0.1, 0.15) is 6.42 Å². The molecule has 0 amide bonds. The van der Waals surface area contributed by atoms with Crippen LogP contribution in [0.2, 0.25) is 0 Å². The van der Waals surface area contributed by atoms with E-state index in [1.54, 1.807) is 0 Å². The van der Waals surface area contributed by atoms with E-state index < -0.39 is 66.9 Å². The van der Waals surface area contributed by atoms with E-state index in [-0.39, 0.29) is 0 Å². The van der Waals surface area contributed by atoms with Gasteiger partial charge in [-0.25, -0.2) is 0 Å². The summed E-state index contributed by atoms with van der Waals surface area (Å²) in [6.07, 6.45) is -34.8. The molecule has 0 radical (unpaired) electrons. The van der Waals surface area contributed by atoms with Crippen LogP contribution in [-0.4, -0.2) is 30.9 Å². The molecule has 0 aromatic rings. The normalized spacial score (nSPS) is 32.7. The number of hydrogen-bond acceptors (Lipinski definition) is 0. The molecule has 0 aliphatic heterocycles. The van der Waals surface area contributed by atoms with Gasteiger partial charge in [0.05, 0.1) is 29.6 Å². The van der Waals surface area contributed by atoms with Gasteiger partial charge in [-0.15, -0.1) is 0 Å². The first-order valence-electron chi connectivity index (χ1n) is 6.43. The number of hydrogen-bond donors (Lipinski definition) is 0. The lowest BCUT2D eigenvalue weighted by Crippen LogP contribution is -2.61. The minimum absolute atomic E-state index is 2.81. The Kier molecular flexibility index (Phi) is 5.52. The second-order valence-electron chi connectivity index (χ2n) is 5.73. The third-order valence-corrected chi connectivity index (χ3v) is 4.12. The molecule has 4 atom stereocenters. The summed E-state index contributed by atoms with van der Waals surface area (Å²) in [5, 5.41) is 0. The summed E-state index contributed by atoms with van der Waals surface area (Å²) in [4.78, 5) is 0. The Morgan fingerprint density at radius 1 is 0.346 bits per heavy atom. The third kappa shape index (κ3) is 4.61. The monoisotopic (exact) mass is 424 g/mol. The SMILES string of the molecule is FC(F)(F)C1CC(C(F)(F)F)C(C(F)(F)F)C(C(F)(F)F)C1C(F)(F)F. The molecule has 0 N–H and O–H groups in total. The third-order valence-electron chi connectivity index (χ3n) is 4.12. The van der Waals surface area contributed by atoms with Crippen LogP contribution in [0.5, 0.6) is 0 Å². The Morgan fingerprint density at radius 3 is 0.731 bits per heavy atom.